The van der Waals surface area contributed by atoms with E-state index in [9.17, 15) is 18.0 Å². The lowest BCUT2D eigenvalue weighted by Gasteiger charge is -2.36. The molecule has 1 amide bonds. The summed E-state index contributed by atoms with van der Waals surface area (Å²) in [5.74, 6) is 0.542. The van der Waals surface area contributed by atoms with Crippen molar-refractivity contribution in [3.63, 3.8) is 0 Å². The monoisotopic (exact) mass is 468 g/mol. The summed E-state index contributed by atoms with van der Waals surface area (Å²) in [7, 11) is 1.70. The van der Waals surface area contributed by atoms with Crippen LogP contribution in [-0.4, -0.2) is 79.5 Å². The van der Waals surface area contributed by atoms with Crippen LogP contribution in [0.25, 0.3) is 0 Å². The first kappa shape index (κ1) is 22.9. The first-order valence-electron chi connectivity index (χ1n) is 11.8. The van der Waals surface area contributed by atoms with Gasteiger partial charge in [0, 0.05) is 51.0 Å². The number of anilines is 1. The lowest BCUT2D eigenvalue weighted by atomic mass is 10.0. The van der Waals surface area contributed by atoms with Crippen molar-refractivity contribution in [2.24, 2.45) is 5.92 Å². The molecule has 33 heavy (non-hydrogen) atoms. The van der Waals surface area contributed by atoms with Crippen molar-refractivity contribution in [1.82, 2.24) is 15.2 Å². The number of hydrogen-bond donors (Lipinski definition) is 1. The molecule has 0 unspecified atom stereocenters. The average molecular weight is 469 g/mol. The number of aromatic nitrogens is 1. The Balaban J connectivity index is 1.16. The molecule has 2 bridgehead atoms. The van der Waals surface area contributed by atoms with Crippen LogP contribution in [0.3, 0.4) is 0 Å². The second-order valence-electron chi connectivity index (χ2n) is 9.70. The molecule has 5 rings (SSSR count). The fourth-order valence-corrected chi connectivity index (χ4v) is 6.00. The normalized spacial score (nSPS) is 34.3. The molecule has 3 aliphatic heterocycles. The number of alkyl halides is 3. The third kappa shape index (κ3) is 4.57. The van der Waals surface area contributed by atoms with Gasteiger partial charge < -0.3 is 24.6 Å². The molecule has 3 saturated heterocycles. The van der Waals surface area contributed by atoms with E-state index in [0.29, 0.717) is 31.6 Å². The van der Waals surface area contributed by atoms with Crippen LogP contribution in [0.4, 0.5) is 19.0 Å². The number of fused-ring (bicyclic) bond motifs is 2. The first-order valence-corrected chi connectivity index (χ1v) is 11.8. The maximum Gasteiger partial charge on any atom is 0.416 e. The average Bonchev–Trinajstić information content (AvgIpc) is 3.54. The molecule has 10 heteroatoms. The summed E-state index contributed by atoms with van der Waals surface area (Å²) >= 11 is 0. The van der Waals surface area contributed by atoms with Crippen LogP contribution in [0.1, 0.15) is 37.7 Å². The van der Waals surface area contributed by atoms with E-state index in [1.165, 1.54) is 6.20 Å². The minimum absolute atomic E-state index is 0.00261. The Morgan fingerprint density at radius 3 is 2.79 bits per heavy atom. The lowest BCUT2D eigenvalue weighted by molar-refractivity contribution is -0.137. The van der Waals surface area contributed by atoms with Gasteiger partial charge in [-0.2, -0.15) is 13.2 Å². The predicted octanol–water partition coefficient (Wildman–Crippen LogP) is 2.45. The van der Waals surface area contributed by atoms with Gasteiger partial charge in [0.05, 0.1) is 30.4 Å². The number of nitrogens with one attached hydrogen (secondary N) is 1. The predicted molar refractivity (Wildman–Crippen MR) is 115 cm³/mol. The Labute approximate surface area is 191 Å². The molecule has 0 aromatic carbocycles. The highest BCUT2D eigenvalue weighted by molar-refractivity contribution is 5.80. The molecule has 1 saturated carbocycles. The zero-order chi connectivity index (χ0) is 23.2. The van der Waals surface area contributed by atoms with Gasteiger partial charge in [0.15, 0.2) is 0 Å². The van der Waals surface area contributed by atoms with Gasteiger partial charge in [-0.25, -0.2) is 4.98 Å². The summed E-state index contributed by atoms with van der Waals surface area (Å²) < 4.78 is 50.3. The van der Waals surface area contributed by atoms with Crippen molar-refractivity contribution in [2.75, 3.05) is 38.3 Å². The van der Waals surface area contributed by atoms with Crippen molar-refractivity contribution in [3.05, 3.63) is 23.9 Å². The Morgan fingerprint density at radius 2 is 2.06 bits per heavy atom. The number of hydrogen-bond acceptors (Lipinski definition) is 6. The molecule has 4 fully saturated rings. The van der Waals surface area contributed by atoms with Gasteiger partial charge in [0.25, 0.3) is 0 Å². The van der Waals surface area contributed by atoms with Crippen LogP contribution < -0.4 is 10.2 Å². The first-order chi connectivity index (χ1) is 15.8. The second-order valence-corrected chi connectivity index (χ2v) is 9.70. The van der Waals surface area contributed by atoms with Crippen LogP contribution in [0.2, 0.25) is 0 Å². The summed E-state index contributed by atoms with van der Waals surface area (Å²) in [4.78, 5) is 21.4. The van der Waals surface area contributed by atoms with E-state index >= 15 is 0 Å². The van der Waals surface area contributed by atoms with E-state index in [-0.39, 0.29) is 36.1 Å². The highest BCUT2D eigenvalue weighted by Gasteiger charge is 2.48. The standard InChI is InChI=1S/C23H31F3N4O3/c1-32-20-13-33-7-5-19(20)28-16-3-2-14(8-16)22(31)30-12-17-10-18(30)11-29(17)21-9-15(4-6-27-21)23(24,25)26/h4,6,9,14,16-20,28H,2-3,5,7-8,10-13H2,1H3/t14-,16+,17+,18+,19-,20+/m0/s1. The van der Waals surface area contributed by atoms with E-state index in [4.69, 9.17) is 9.47 Å². The number of carbonyl (C=O) groups excluding carboxylic acids is 1. The van der Waals surface area contributed by atoms with Crippen LogP contribution in [0.15, 0.2) is 18.3 Å². The van der Waals surface area contributed by atoms with Crippen molar-refractivity contribution in [2.45, 2.75) is 68.6 Å². The van der Waals surface area contributed by atoms with E-state index in [2.05, 4.69) is 10.3 Å². The van der Waals surface area contributed by atoms with Crippen molar-refractivity contribution < 1.29 is 27.4 Å². The number of pyridine rings is 1. The highest BCUT2D eigenvalue weighted by Crippen LogP contribution is 2.38. The van der Waals surface area contributed by atoms with E-state index in [1.54, 1.807) is 7.11 Å². The van der Waals surface area contributed by atoms with Crippen LogP contribution >= 0.6 is 0 Å². The Bertz CT molecular complexity index is 870. The zero-order valence-corrected chi connectivity index (χ0v) is 18.8. The van der Waals surface area contributed by atoms with Crippen molar-refractivity contribution in [1.29, 1.82) is 0 Å². The fraction of sp³-hybridized carbons (Fsp3) is 0.739. The van der Waals surface area contributed by atoms with Crippen LogP contribution in [0.5, 0.6) is 0 Å². The van der Waals surface area contributed by atoms with Crippen LogP contribution in [-0.2, 0) is 20.4 Å². The largest absolute Gasteiger partial charge is 0.416 e. The van der Waals surface area contributed by atoms with Gasteiger partial charge in [-0.15, -0.1) is 0 Å². The molecule has 1 aromatic heterocycles. The SMILES string of the molecule is CO[C@@H]1COCC[C@@H]1N[C@@H]1CC[C@H](C(=O)N2C[C@H]3C[C@@H]2CN3c2cc(C(F)(F)F)ccn2)C1. The van der Waals surface area contributed by atoms with Gasteiger partial charge >= 0.3 is 6.18 Å². The molecular weight excluding hydrogens is 437 g/mol. The van der Waals surface area contributed by atoms with E-state index < -0.39 is 11.7 Å². The van der Waals surface area contributed by atoms with Crippen molar-refractivity contribution in [3.8, 4) is 0 Å². The van der Waals surface area contributed by atoms with Gasteiger partial charge in [-0.3, -0.25) is 4.79 Å². The van der Waals surface area contributed by atoms with Crippen LogP contribution in [0, 0.1) is 5.92 Å². The van der Waals surface area contributed by atoms with Crippen molar-refractivity contribution >= 4 is 11.7 Å². The van der Waals surface area contributed by atoms with Gasteiger partial charge in [-0.05, 0) is 44.2 Å². The molecule has 1 N–H and O–H groups in total. The Hall–Kier alpha value is -1.91. The molecule has 4 aliphatic rings. The smallest absolute Gasteiger partial charge is 0.379 e. The zero-order valence-electron chi connectivity index (χ0n) is 18.8. The summed E-state index contributed by atoms with van der Waals surface area (Å²) in [5.41, 5.74) is -0.687. The number of piperazine rings is 1. The number of methoxy groups -OCH3 is 1. The lowest BCUT2D eigenvalue weighted by Crippen LogP contribution is -2.51. The highest BCUT2D eigenvalue weighted by atomic mass is 19.4. The summed E-state index contributed by atoms with van der Waals surface area (Å²) in [6.45, 7) is 2.41. The Morgan fingerprint density at radius 1 is 1.21 bits per heavy atom. The Kier molecular flexibility index (Phi) is 6.26. The third-order valence-electron chi connectivity index (χ3n) is 7.73. The quantitative estimate of drug-likeness (QED) is 0.716. The molecular formula is C23H31F3N4O3. The number of carbonyl (C=O) groups is 1. The molecule has 1 aromatic rings. The van der Waals surface area contributed by atoms with Gasteiger partial charge in [-0.1, -0.05) is 0 Å². The maximum absolute atomic E-state index is 13.3. The second kappa shape index (κ2) is 9.03. The molecule has 7 nitrogen and oxygen atoms in total. The third-order valence-corrected chi connectivity index (χ3v) is 7.73. The van der Waals surface area contributed by atoms with Gasteiger partial charge in [0.2, 0.25) is 5.91 Å². The number of nitrogens with zero attached hydrogens (tertiary/aromatic N) is 3. The molecule has 0 radical (unpaired) electrons. The van der Waals surface area contributed by atoms with Gasteiger partial charge in [0.1, 0.15) is 5.82 Å². The summed E-state index contributed by atoms with van der Waals surface area (Å²) in [5, 5.41) is 3.69. The maximum atomic E-state index is 13.3. The summed E-state index contributed by atoms with van der Waals surface area (Å²) in [6, 6.07) is 2.72. The number of halogens is 3. The molecule has 1 aliphatic carbocycles. The molecule has 0 spiro atoms. The molecule has 6 atom stereocenters. The number of likely N-dealkylation sites (tertiary alicyclic amines) is 1. The molecule has 4 heterocycles. The molecule has 182 valence electrons. The minimum Gasteiger partial charge on any atom is -0.379 e. The van der Waals surface area contributed by atoms with E-state index in [0.717, 1.165) is 50.8 Å². The summed E-state index contributed by atoms with van der Waals surface area (Å²) in [6.07, 6.45) is 1.21. The topological polar surface area (TPSA) is 66.9 Å². The number of ether oxygens (including phenoxy) is 2. The minimum atomic E-state index is -4.39. The van der Waals surface area contributed by atoms with E-state index in [1.807, 2.05) is 9.80 Å². The fourth-order valence-electron chi connectivity index (χ4n) is 6.00. The number of amides is 1. The number of rotatable bonds is 5.